The Morgan fingerprint density at radius 2 is 2.08 bits per heavy atom. The fourth-order valence-electron chi connectivity index (χ4n) is 2.24. The Morgan fingerprint density at radius 3 is 2.77 bits per heavy atom. The van der Waals surface area contributed by atoms with Crippen LogP contribution in [0.3, 0.4) is 0 Å². The van der Waals surface area contributed by atoms with Gasteiger partial charge < -0.3 is 19.6 Å². The van der Waals surface area contributed by atoms with Crippen LogP contribution in [-0.2, 0) is 6.61 Å². The van der Waals surface area contributed by atoms with Gasteiger partial charge in [-0.15, -0.1) is 5.10 Å². The Balaban J connectivity index is 1.79. The third kappa shape index (κ3) is 4.51. The number of halogens is 2. The maximum Gasteiger partial charge on any atom is 0.313 e. The van der Waals surface area contributed by atoms with Crippen molar-refractivity contribution < 1.29 is 18.3 Å². The lowest BCUT2D eigenvalue weighted by atomic mass is 10.2. The van der Waals surface area contributed by atoms with E-state index in [0.717, 1.165) is 14.7 Å². The zero-order valence-electron chi connectivity index (χ0n) is 13.8. The largest absolute Gasteiger partial charge is 0.493 e. The van der Waals surface area contributed by atoms with Gasteiger partial charge in [0.15, 0.2) is 11.5 Å². The van der Waals surface area contributed by atoms with E-state index in [2.05, 4.69) is 32.8 Å². The number of nitrogens with zero attached hydrogens (tertiary/aromatic N) is 2. The number of rotatable bonds is 6. The van der Waals surface area contributed by atoms with E-state index in [1.54, 1.807) is 31.4 Å². The number of anilines is 1. The van der Waals surface area contributed by atoms with Crippen molar-refractivity contribution in [2.75, 3.05) is 12.8 Å². The molecule has 0 atom stereocenters. The summed E-state index contributed by atoms with van der Waals surface area (Å²) in [6.07, 6.45) is 3.45. The first-order valence-corrected chi connectivity index (χ1v) is 8.65. The maximum absolute atomic E-state index is 13.3. The summed E-state index contributed by atoms with van der Waals surface area (Å²) < 4.78 is 30.5. The van der Waals surface area contributed by atoms with Crippen LogP contribution in [0, 0.1) is 9.39 Å². The van der Waals surface area contributed by atoms with Gasteiger partial charge in [-0.25, -0.2) is 4.39 Å². The molecule has 2 N–H and O–H groups in total. The fraction of sp³-hybridized carbons (Fsp3) is 0.111. The van der Waals surface area contributed by atoms with Gasteiger partial charge in [0.25, 0.3) is 0 Å². The minimum Gasteiger partial charge on any atom is -0.493 e. The van der Waals surface area contributed by atoms with Gasteiger partial charge in [0.2, 0.25) is 5.89 Å². The average Bonchev–Trinajstić information content (AvgIpc) is 3.04. The predicted octanol–water partition coefficient (Wildman–Crippen LogP) is 4.15. The molecule has 1 heterocycles. The molecule has 0 aliphatic rings. The summed E-state index contributed by atoms with van der Waals surface area (Å²) in [7, 11) is 1.56. The molecule has 0 aliphatic heterocycles. The summed E-state index contributed by atoms with van der Waals surface area (Å²) in [5.74, 6) is 1.17. The number of nitrogen functional groups attached to an aromatic ring is 1. The zero-order valence-corrected chi connectivity index (χ0v) is 15.9. The Labute approximate surface area is 163 Å². The molecule has 3 aromatic rings. The van der Waals surface area contributed by atoms with Crippen molar-refractivity contribution in [2.24, 2.45) is 0 Å². The molecular formula is C18H15FIN3O3. The number of nitrogens with two attached hydrogens (primary N) is 1. The fourth-order valence-corrected chi connectivity index (χ4v) is 3.02. The number of hydrogen-bond acceptors (Lipinski definition) is 6. The number of hydrogen-bond donors (Lipinski definition) is 1. The molecule has 134 valence electrons. The first-order chi connectivity index (χ1) is 12.5. The smallest absolute Gasteiger partial charge is 0.313 e. The Morgan fingerprint density at radius 1 is 1.23 bits per heavy atom. The van der Waals surface area contributed by atoms with Crippen molar-refractivity contribution in [1.29, 1.82) is 0 Å². The molecule has 0 fully saturated rings. The van der Waals surface area contributed by atoms with E-state index < -0.39 is 0 Å². The van der Waals surface area contributed by atoms with E-state index in [1.807, 2.05) is 12.1 Å². The summed E-state index contributed by atoms with van der Waals surface area (Å²) in [6.45, 7) is 0.237. The van der Waals surface area contributed by atoms with Crippen LogP contribution in [0.2, 0.25) is 0 Å². The van der Waals surface area contributed by atoms with Gasteiger partial charge in [0.05, 0.1) is 10.7 Å². The summed E-state index contributed by atoms with van der Waals surface area (Å²) in [5, 5.41) is 7.36. The highest BCUT2D eigenvalue weighted by atomic mass is 127. The minimum absolute atomic E-state index is 0.0120. The number of methoxy groups -OCH3 is 1. The second kappa shape index (κ2) is 8.17. The lowest BCUT2D eigenvalue weighted by Gasteiger charge is -2.13. The van der Waals surface area contributed by atoms with Crippen LogP contribution in [0.4, 0.5) is 10.4 Å². The Kier molecular flexibility index (Phi) is 5.71. The molecule has 8 heteroatoms. The van der Waals surface area contributed by atoms with Crippen LogP contribution in [0.5, 0.6) is 11.5 Å². The molecule has 1 aromatic heterocycles. The van der Waals surface area contributed by atoms with Crippen LogP contribution in [0.15, 0.2) is 40.8 Å². The second-order valence-corrected chi connectivity index (χ2v) is 6.43. The Bertz CT molecular complexity index is 943. The van der Waals surface area contributed by atoms with Gasteiger partial charge >= 0.3 is 6.01 Å². The van der Waals surface area contributed by atoms with Crippen molar-refractivity contribution in [3.63, 3.8) is 0 Å². The van der Waals surface area contributed by atoms with Crippen molar-refractivity contribution in [3.05, 3.63) is 62.8 Å². The third-order valence-corrected chi connectivity index (χ3v) is 4.20. The minimum atomic E-state index is -0.296. The normalized spacial score (nSPS) is 11.0. The number of benzene rings is 2. The molecule has 0 unspecified atom stereocenters. The van der Waals surface area contributed by atoms with E-state index in [-0.39, 0.29) is 18.4 Å². The average molecular weight is 467 g/mol. The van der Waals surface area contributed by atoms with E-state index in [1.165, 1.54) is 12.1 Å². The van der Waals surface area contributed by atoms with Gasteiger partial charge in [-0.3, -0.25) is 0 Å². The van der Waals surface area contributed by atoms with E-state index in [9.17, 15) is 4.39 Å². The van der Waals surface area contributed by atoms with Crippen molar-refractivity contribution >= 4 is 40.8 Å². The van der Waals surface area contributed by atoms with Crippen molar-refractivity contribution in [1.82, 2.24) is 10.2 Å². The highest BCUT2D eigenvalue weighted by Gasteiger charge is 2.11. The van der Waals surface area contributed by atoms with Gasteiger partial charge in [0.1, 0.15) is 12.4 Å². The lowest BCUT2D eigenvalue weighted by Crippen LogP contribution is -2.00. The lowest BCUT2D eigenvalue weighted by molar-refractivity contribution is 0.282. The summed E-state index contributed by atoms with van der Waals surface area (Å²) >= 11 is 2.16. The molecule has 0 aliphatic carbocycles. The predicted molar refractivity (Wildman–Crippen MR) is 104 cm³/mol. The summed E-state index contributed by atoms with van der Waals surface area (Å²) in [5.41, 5.74) is 6.99. The molecule has 0 saturated heterocycles. The van der Waals surface area contributed by atoms with Crippen LogP contribution in [-0.4, -0.2) is 17.3 Å². The quantitative estimate of drug-likeness (QED) is 0.549. The molecule has 2 aromatic carbocycles. The molecular weight excluding hydrogens is 452 g/mol. The van der Waals surface area contributed by atoms with Crippen LogP contribution in [0.1, 0.15) is 17.0 Å². The van der Waals surface area contributed by atoms with Gasteiger partial charge in [-0.2, -0.15) is 0 Å². The summed E-state index contributed by atoms with van der Waals surface area (Å²) in [4.78, 5) is 0. The molecule has 3 rings (SSSR count). The SMILES string of the molecule is COc1cc(/C=C/c2nnc(N)o2)cc(I)c1OCc1cccc(F)c1. The van der Waals surface area contributed by atoms with Crippen molar-refractivity contribution in [2.45, 2.75) is 6.61 Å². The first kappa shape index (κ1) is 18.2. The molecule has 26 heavy (non-hydrogen) atoms. The third-order valence-electron chi connectivity index (χ3n) is 3.40. The molecule has 0 radical (unpaired) electrons. The van der Waals surface area contributed by atoms with Crippen LogP contribution < -0.4 is 15.2 Å². The molecule has 0 amide bonds. The van der Waals surface area contributed by atoms with Gasteiger partial charge in [-0.05, 0) is 64.1 Å². The molecule has 0 spiro atoms. The first-order valence-electron chi connectivity index (χ1n) is 7.57. The number of ether oxygens (including phenoxy) is 2. The van der Waals surface area contributed by atoms with Gasteiger partial charge in [-0.1, -0.05) is 17.2 Å². The van der Waals surface area contributed by atoms with Crippen LogP contribution >= 0.6 is 22.6 Å². The molecule has 6 nitrogen and oxygen atoms in total. The van der Waals surface area contributed by atoms with E-state index >= 15 is 0 Å². The standard InChI is InChI=1S/C18H15FIN3O3/c1-24-15-9-11(5-6-16-22-23-18(21)26-16)8-14(20)17(15)25-10-12-3-2-4-13(19)7-12/h2-9H,10H2,1H3,(H2,21,23)/b6-5+. The van der Waals surface area contributed by atoms with Gasteiger partial charge in [0, 0.05) is 6.08 Å². The maximum atomic E-state index is 13.3. The molecule has 0 bridgehead atoms. The molecule has 0 saturated carbocycles. The van der Waals surface area contributed by atoms with E-state index in [0.29, 0.717) is 17.4 Å². The second-order valence-electron chi connectivity index (χ2n) is 5.26. The summed E-state index contributed by atoms with van der Waals surface area (Å²) in [6, 6.07) is 10.0. The highest BCUT2D eigenvalue weighted by Crippen LogP contribution is 2.35. The van der Waals surface area contributed by atoms with Crippen LogP contribution in [0.25, 0.3) is 12.2 Å². The van der Waals surface area contributed by atoms with Crippen molar-refractivity contribution in [3.8, 4) is 11.5 Å². The Hall–Kier alpha value is -2.62. The zero-order chi connectivity index (χ0) is 18.5. The number of aromatic nitrogens is 2. The van der Waals surface area contributed by atoms with E-state index in [4.69, 9.17) is 19.6 Å². The highest BCUT2D eigenvalue weighted by molar-refractivity contribution is 14.1. The topological polar surface area (TPSA) is 83.4 Å². The monoisotopic (exact) mass is 467 g/mol.